The van der Waals surface area contributed by atoms with Gasteiger partial charge in [0.05, 0.1) is 26.1 Å². The fourth-order valence-corrected chi connectivity index (χ4v) is 2.69. The Hall–Kier alpha value is -3.87. The number of hydrogen-bond donors (Lipinski definition) is 2. The third kappa shape index (κ3) is 5.10. The van der Waals surface area contributed by atoms with E-state index in [1.54, 1.807) is 38.6 Å². The van der Waals surface area contributed by atoms with E-state index in [1.165, 1.54) is 0 Å². The van der Waals surface area contributed by atoms with Gasteiger partial charge >= 0.3 is 0 Å². The Morgan fingerprint density at radius 2 is 1.90 bits per heavy atom. The molecule has 0 saturated heterocycles. The number of nitrogens with one attached hydrogen (secondary N) is 2. The van der Waals surface area contributed by atoms with Crippen LogP contribution in [0, 0.1) is 0 Å². The number of benzene rings is 2. The first kappa shape index (κ1) is 19.9. The van der Waals surface area contributed by atoms with Gasteiger partial charge in [0.1, 0.15) is 17.2 Å². The maximum absolute atomic E-state index is 12.3. The zero-order chi connectivity index (χ0) is 20.6. The number of aromatic amines is 1. The van der Waals surface area contributed by atoms with Crippen molar-refractivity contribution >= 4 is 18.2 Å². The number of hydrogen-bond acceptors (Lipinski definition) is 5. The lowest BCUT2D eigenvalue weighted by molar-refractivity contribution is 0.0950. The lowest BCUT2D eigenvalue weighted by atomic mass is 10.1. The Kier molecular flexibility index (Phi) is 6.42. The van der Waals surface area contributed by atoms with Gasteiger partial charge in [-0.3, -0.25) is 9.89 Å². The van der Waals surface area contributed by atoms with Crippen LogP contribution >= 0.6 is 0 Å². The molecule has 0 aliphatic carbocycles. The van der Waals surface area contributed by atoms with E-state index in [-0.39, 0.29) is 5.91 Å². The van der Waals surface area contributed by atoms with Gasteiger partial charge in [0.15, 0.2) is 0 Å². The van der Waals surface area contributed by atoms with Gasteiger partial charge in [-0.1, -0.05) is 36.4 Å². The summed E-state index contributed by atoms with van der Waals surface area (Å²) in [6.07, 6.45) is 3.56. The Morgan fingerprint density at radius 3 is 2.62 bits per heavy atom. The third-order valence-electron chi connectivity index (χ3n) is 4.14. The van der Waals surface area contributed by atoms with E-state index >= 15 is 0 Å². The lowest BCUT2D eigenvalue weighted by Gasteiger charge is -2.08. The smallest absolute Gasteiger partial charge is 0.289 e. The quantitative estimate of drug-likeness (QED) is 0.473. The average molecular weight is 390 g/mol. The normalized spacial score (nSPS) is 11.5. The van der Waals surface area contributed by atoms with E-state index in [4.69, 9.17) is 9.47 Å². The molecule has 7 heteroatoms. The van der Waals surface area contributed by atoms with Crippen molar-refractivity contribution in [3.05, 3.63) is 71.4 Å². The molecule has 0 aliphatic rings. The van der Waals surface area contributed by atoms with Crippen molar-refractivity contribution in [1.29, 1.82) is 0 Å². The van der Waals surface area contributed by atoms with Crippen molar-refractivity contribution < 1.29 is 14.3 Å². The van der Waals surface area contributed by atoms with Crippen molar-refractivity contribution in [3.8, 4) is 22.8 Å². The molecular weight excluding hydrogens is 368 g/mol. The molecule has 0 unspecified atom stereocenters. The van der Waals surface area contributed by atoms with Crippen LogP contribution in [0.1, 0.15) is 23.0 Å². The highest BCUT2D eigenvalue weighted by molar-refractivity contribution is 5.94. The molecule has 29 heavy (non-hydrogen) atoms. The molecule has 0 aliphatic heterocycles. The Labute approximate surface area is 169 Å². The van der Waals surface area contributed by atoms with Crippen LogP contribution in [-0.4, -0.2) is 36.5 Å². The summed E-state index contributed by atoms with van der Waals surface area (Å²) in [5.74, 6) is 0.884. The van der Waals surface area contributed by atoms with Gasteiger partial charge in [-0.2, -0.15) is 10.2 Å². The molecule has 0 bridgehead atoms. The van der Waals surface area contributed by atoms with E-state index in [2.05, 4.69) is 20.7 Å². The maximum Gasteiger partial charge on any atom is 0.289 e. The Morgan fingerprint density at radius 1 is 1.10 bits per heavy atom. The lowest BCUT2D eigenvalue weighted by Crippen LogP contribution is -2.17. The zero-order valence-corrected chi connectivity index (χ0v) is 16.5. The summed E-state index contributed by atoms with van der Waals surface area (Å²) in [6, 6.07) is 16.9. The van der Waals surface area contributed by atoms with E-state index < -0.39 is 0 Å². The number of carbonyl (C=O) groups excluding carboxylic acids is 1. The largest absolute Gasteiger partial charge is 0.497 e. The van der Waals surface area contributed by atoms with Gasteiger partial charge in [-0.25, -0.2) is 5.43 Å². The number of carbonyl (C=O) groups is 1. The van der Waals surface area contributed by atoms with Crippen molar-refractivity contribution in [3.63, 3.8) is 0 Å². The number of nitrogens with zero attached hydrogens (tertiary/aromatic N) is 2. The summed E-state index contributed by atoms with van der Waals surface area (Å²) in [4.78, 5) is 12.3. The second-order valence-corrected chi connectivity index (χ2v) is 6.23. The Balaban J connectivity index is 1.68. The van der Waals surface area contributed by atoms with Crippen LogP contribution in [0.3, 0.4) is 0 Å². The molecule has 0 radical (unpaired) electrons. The number of hydrazone groups is 1. The van der Waals surface area contributed by atoms with Gasteiger partial charge < -0.3 is 9.47 Å². The van der Waals surface area contributed by atoms with E-state index in [9.17, 15) is 4.79 Å². The predicted molar refractivity (Wildman–Crippen MR) is 113 cm³/mol. The van der Waals surface area contributed by atoms with Crippen molar-refractivity contribution in [2.24, 2.45) is 5.10 Å². The molecule has 1 aromatic heterocycles. The van der Waals surface area contributed by atoms with E-state index in [1.807, 2.05) is 49.4 Å². The standard InChI is InChI=1S/C22H22N4O3/c1-15(11-16-7-5-4-6-8-16)14-23-26-22(27)20-13-19(24-25-20)18-10-9-17(28-2)12-21(18)29-3/h4-14H,1-3H3,(H,24,25)(H,26,27). The van der Waals surface area contributed by atoms with Crippen molar-refractivity contribution in [2.75, 3.05) is 14.2 Å². The highest BCUT2D eigenvalue weighted by Gasteiger charge is 2.14. The number of amides is 1. The molecule has 2 aromatic carbocycles. The summed E-state index contributed by atoms with van der Waals surface area (Å²) in [7, 11) is 3.15. The van der Waals surface area contributed by atoms with Gasteiger partial charge in [0, 0.05) is 11.6 Å². The number of allylic oxidation sites excluding steroid dienone is 1. The van der Waals surface area contributed by atoms with E-state index in [0.717, 1.165) is 16.7 Å². The molecule has 1 heterocycles. The minimum Gasteiger partial charge on any atom is -0.497 e. The van der Waals surface area contributed by atoms with Crippen LogP contribution in [0.5, 0.6) is 11.5 Å². The summed E-state index contributed by atoms with van der Waals surface area (Å²) < 4.78 is 10.6. The van der Waals surface area contributed by atoms with Gasteiger partial charge in [0.25, 0.3) is 5.91 Å². The number of ether oxygens (including phenoxy) is 2. The molecule has 0 atom stereocenters. The molecule has 0 fully saturated rings. The minimum absolute atomic E-state index is 0.291. The van der Waals surface area contributed by atoms with Gasteiger partial charge in [0.2, 0.25) is 0 Å². The van der Waals surface area contributed by atoms with Crippen LogP contribution in [0.2, 0.25) is 0 Å². The van der Waals surface area contributed by atoms with Crippen LogP contribution in [0.25, 0.3) is 17.3 Å². The number of rotatable bonds is 7. The SMILES string of the molecule is COc1ccc(-c2cc(C(=O)NN=CC(C)=Cc3ccccc3)[nH]n2)c(OC)c1. The van der Waals surface area contributed by atoms with Crippen LogP contribution < -0.4 is 14.9 Å². The molecule has 1 amide bonds. The first-order chi connectivity index (χ1) is 14.1. The first-order valence-corrected chi connectivity index (χ1v) is 8.95. The first-order valence-electron chi connectivity index (χ1n) is 8.95. The summed E-state index contributed by atoms with van der Waals surface area (Å²) in [6.45, 7) is 1.91. The highest BCUT2D eigenvalue weighted by Crippen LogP contribution is 2.32. The molecule has 3 aromatic rings. The van der Waals surface area contributed by atoms with E-state index in [0.29, 0.717) is 22.9 Å². The van der Waals surface area contributed by atoms with Gasteiger partial charge in [-0.15, -0.1) is 0 Å². The second kappa shape index (κ2) is 9.36. The van der Waals surface area contributed by atoms with Crippen molar-refractivity contribution in [1.82, 2.24) is 15.6 Å². The summed E-state index contributed by atoms with van der Waals surface area (Å²) in [5, 5.41) is 10.9. The fraction of sp³-hybridized carbons (Fsp3) is 0.136. The number of methoxy groups -OCH3 is 2. The second-order valence-electron chi connectivity index (χ2n) is 6.23. The third-order valence-corrected chi connectivity index (χ3v) is 4.14. The molecule has 3 rings (SSSR count). The van der Waals surface area contributed by atoms with Crippen molar-refractivity contribution in [2.45, 2.75) is 6.92 Å². The highest BCUT2D eigenvalue weighted by atomic mass is 16.5. The van der Waals surface area contributed by atoms with Gasteiger partial charge in [-0.05, 0) is 36.3 Å². The average Bonchev–Trinajstić information content (AvgIpc) is 3.24. The molecular formula is C22H22N4O3. The number of H-pyrrole nitrogens is 1. The molecule has 7 nitrogen and oxygen atoms in total. The zero-order valence-electron chi connectivity index (χ0n) is 16.5. The topological polar surface area (TPSA) is 88.6 Å². The fourth-order valence-electron chi connectivity index (χ4n) is 2.69. The molecule has 0 saturated carbocycles. The van der Waals surface area contributed by atoms with Crippen LogP contribution in [-0.2, 0) is 0 Å². The molecule has 0 spiro atoms. The number of aromatic nitrogens is 2. The molecule has 148 valence electrons. The Bertz CT molecular complexity index is 1040. The molecule has 2 N–H and O–H groups in total. The maximum atomic E-state index is 12.3. The monoisotopic (exact) mass is 390 g/mol. The predicted octanol–water partition coefficient (Wildman–Crippen LogP) is 3.91. The minimum atomic E-state index is -0.389. The summed E-state index contributed by atoms with van der Waals surface area (Å²) in [5.41, 5.74) is 6.08. The van der Waals surface area contributed by atoms with Crippen LogP contribution in [0.15, 0.2) is 65.3 Å². The summed E-state index contributed by atoms with van der Waals surface area (Å²) >= 11 is 0. The van der Waals surface area contributed by atoms with Crippen LogP contribution in [0.4, 0.5) is 0 Å².